The van der Waals surface area contributed by atoms with Crippen LogP contribution >= 0.6 is 34.5 Å². The number of rotatable bonds is 3. The number of halogens is 2. The third-order valence-electron chi connectivity index (χ3n) is 2.98. The molecule has 1 unspecified atom stereocenters. The minimum absolute atomic E-state index is 0.517. The van der Waals surface area contributed by atoms with E-state index in [2.05, 4.69) is 0 Å². The van der Waals surface area contributed by atoms with Crippen molar-refractivity contribution in [1.29, 1.82) is 0 Å². The van der Waals surface area contributed by atoms with Gasteiger partial charge >= 0.3 is 0 Å². The molecule has 1 aromatic heterocycles. The molecule has 2 nitrogen and oxygen atoms in total. The quantitative estimate of drug-likeness (QED) is 0.884. The highest BCUT2D eigenvalue weighted by molar-refractivity contribution is 7.20. The predicted molar refractivity (Wildman–Crippen MR) is 80.9 cm³/mol. The lowest BCUT2D eigenvalue weighted by molar-refractivity contribution is 0.220. The summed E-state index contributed by atoms with van der Waals surface area (Å²) in [6.07, 6.45) is -0.778. The molecular weight excluding hydrogens is 303 g/mol. The van der Waals surface area contributed by atoms with E-state index < -0.39 is 6.10 Å². The lowest BCUT2D eigenvalue weighted by atomic mass is 9.99. The molecule has 1 aromatic carbocycles. The largest absolute Gasteiger partial charge is 0.496 e. The number of hydrogen-bond acceptors (Lipinski definition) is 3. The molecule has 0 radical (unpaired) electrons. The molecule has 0 bridgehead atoms. The molecule has 2 aromatic rings. The van der Waals surface area contributed by atoms with Crippen molar-refractivity contribution in [2.45, 2.75) is 20.0 Å². The highest BCUT2D eigenvalue weighted by Gasteiger charge is 2.18. The van der Waals surface area contributed by atoms with Crippen molar-refractivity contribution in [3.63, 3.8) is 0 Å². The third kappa shape index (κ3) is 2.90. The Hall–Kier alpha value is -0.740. The molecule has 0 aliphatic heterocycles. The van der Waals surface area contributed by atoms with Crippen LogP contribution in [0.1, 0.15) is 28.4 Å². The van der Waals surface area contributed by atoms with E-state index in [1.165, 1.54) is 11.3 Å². The number of methoxy groups -OCH3 is 1. The number of ether oxygens (including phenoxy) is 1. The van der Waals surface area contributed by atoms with Gasteiger partial charge in [0.1, 0.15) is 16.2 Å². The van der Waals surface area contributed by atoms with E-state index in [4.69, 9.17) is 27.9 Å². The second-order valence-electron chi connectivity index (χ2n) is 4.37. The smallest absolute Gasteiger partial charge is 0.124 e. The average Bonchev–Trinajstić information content (AvgIpc) is 2.67. The van der Waals surface area contributed by atoms with E-state index in [0.717, 1.165) is 22.4 Å². The fraction of sp³-hybridized carbons (Fsp3) is 0.286. The van der Waals surface area contributed by atoms with Gasteiger partial charge in [0.2, 0.25) is 0 Å². The zero-order valence-corrected chi connectivity index (χ0v) is 13.2. The normalized spacial score (nSPS) is 12.5. The molecule has 1 N–H and O–H groups in total. The molecular formula is C14H14Cl2O2S. The van der Waals surface area contributed by atoms with E-state index >= 15 is 0 Å². The topological polar surface area (TPSA) is 29.5 Å². The highest BCUT2D eigenvalue weighted by atomic mass is 35.5. The maximum absolute atomic E-state index is 10.4. The van der Waals surface area contributed by atoms with Gasteiger partial charge in [0.15, 0.2) is 0 Å². The molecule has 19 heavy (non-hydrogen) atoms. The number of aliphatic hydroxyl groups excluding tert-OH is 1. The van der Waals surface area contributed by atoms with Gasteiger partial charge in [-0.2, -0.15) is 0 Å². The maximum atomic E-state index is 10.4. The van der Waals surface area contributed by atoms with Crippen LogP contribution in [0.2, 0.25) is 8.67 Å². The second-order valence-corrected chi connectivity index (χ2v) is 6.66. The van der Waals surface area contributed by atoms with Crippen molar-refractivity contribution < 1.29 is 9.84 Å². The molecule has 2 rings (SSSR count). The van der Waals surface area contributed by atoms with E-state index in [9.17, 15) is 5.11 Å². The van der Waals surface area contributed by atoms with Crippen LogP contribution in [0.15, 0.2) is 18.2 Å². The molecule has 0 amide bonds. The van der Waals surface area contributed by atoms with Gasteiger partial charge in [-0.05, 0) is 48.7 Å². The van der Waals surface area contributed by atoms with Gasteiger partial charge in [-0.3, -0.25) is 0 Å². The van der Waals surface area contributed by atoms with Crippen molar-refractivity contribution in [2.75, 3.05) is 7.11 Å². The van der Waals surface area contributed by atoms with Gasteiger partial charge in [-0.25, -0.2) is 0 Å². The Morgan fingerprint density at radius 3 is 2.16 bits per heavy atom. The molecule has 1 heterocycles. The maximum Gasteiger partial charge on any atom is 0.124 e. The third-order valence-corrected chi connectivity index (χ3v) is 4.50. The fourth-order valence-corrected chi connectivity index (χ4v) is 3.70. The van der Waals surface area contributed by atoms with Crippen LogP contribution in [0.25, 0.3) is 0 Å². The summed E-state index contributed by atoms with van der Waals surface area (Å²) >= 11 is 13.2. The Labute approximate surface area is 126 Å². The monoisotopic (exact) mass is 316 g/mol. The number of thiophene rings is 1. The van der Waals surface area contributed by atoms with Crippen LogP contribution in [0.3, 0.4) is 0 Å². The lowest BCUT2D eigenvalue weighted by Crippen LogP contribution is -2.01. The second kappa shape index (κ2) is 5.71. The molecule has 0 saturated heterocycles. The first kappa shape index (κ1) is 14.7. The number of aryl methyl sites for hydroxylation is 2. The molecule has 0 spiro atoms. The first-order chi connectivity index (χ1) is 8.93. The Kier molecular flexibility index (Phi) is 4.41. The van der Waals surface area contributed by atoms with Crippen molar-refractivity contribution in [1.82, 2.24) is 0 Å². The highest BCUT2D eigenvalue weighted by Crippen LogP contribution is 2.38. The molecule has 1 atom stereocenters. The Morgan fingerprint density at radius 1 is 1.16 bits per heavy atom. The first-order valence-corrected chi connectivity index (χ1v) is 7.29. The Bertz CT molecular complexity index is 584. The van der Waals surface area contributed by atoms with Crippen LogP contribution < -0.4 is 4.74 Å². The van der Waals surface area contributed by atoms with Crippen molar-refractivity contribution >= 4 is 34.5 Å². The summed E-state index contributed by atoms with van der Waals surface area (Å²) in [5.41, 5.74) is 3.38. The van der Waals surface area contributed by atoms with Gasteiger partial charge < -0.3 is 9.84 Å². The number of benzene rings is 1. The fourth-order valence-electron chi connectivity index (χ4n) is 2.18. The van der Waals surface area contributed by atoms with Gasteiger partial charge in [0.05, 0.1) is 11.4 Å². The molecule has 5 heteroatoms. The van der Waals surface area contributed by atoms with E-state index in [1.807, 2.05) is 26.0 Å². The molecule has 0 aliphatic carbocycles. The van der Waals surface area contributed by atoms with Crippen LogP contribution in [0, 0.1) is 13.8 Å². The van der Waals surface area contributed by atoms with Crippen LogP contribution in [0.5, 0.6) is 5.75 Å². The lowest BCUT2D eigenvalue weighted by Gasteiger charge is -2.15. The molecule has 102 valence electrons. The van der Waals surface area contributed by atoms with Crippen LogP contribution in [-0.4, -0.2) is 12.2 Å². The summed E-state index contributed by atoms with van der Waals surface area (Å²) in [6.45, 7) is 3.90. The zero-order valence-electron chi connectivity index (χ0n) is 10.8. The SMILES string of the molecule is COc1c(C)cc(C(O)c2cc(Cl)sc2Cl)cc1C. The predicted octanol–water partition coefficient (Wildman–Crippen LogP) is 4.76. The van der Waals surface area contributed by atoms with Gasteiger partial charge in [0, 0.05) is 5.56 Å². The van der Waals surface area contributed by atoms with Crippen LogP contribution in [-0.2, 0) is 0 Å². The van der Waals surface area contributed by atoms with E-state index in [0.29, 0.717) is 14.2 Å². The minimum Gasteiger partial charge on any atom is -0.496 e. The number of aliphatic hydroxyl groups is 1. The van der Waals surface area contributed by atoms with Crippen LogP contribution in [0.4, 0.5) is 0 Å². The van der Waals surface area contributed by atoms with Crippen molar-refractivity contribution in [2.24, 2.45) is 0 Å². The molecule has 0 fully saturated rings. The minimum atomic E-state index is -0.778. The van der Waals surface area contributed by atoms with Gasteiger partial charge in [0.25, 0.3) is 0 Å². The summed E-state index contributed by atoms with van der Waals surface area (Å²) in [6, 6.07) is 5.50. The summed E-state index contributed by atoms with van der Waals surface area (Å²) < 4.78 is 6.40. The standard InChI is InChI=1S/C14H14Cl2O2S/c1-7-4-9(5-8(2)13(7)18-3)12(17)10-6-11(15)19-14(10)16/h4-6,12,17H,1-3H3. The molecule has 0 saturated carbocycles. The Morgan fingerprint density at radius 2 is 1.74 bits per heavy atom. The van der Waals surface area contributed by atoms with Gasteiger partial charge in [-0.15, -0.1) is 11.3 Å². The summed E-state index contributed by atoms with van der Waals surface area (Å²) in [5.74, 6) is 0.838. The van der Waals surface area contributed by atoms with E-state index in [1.54, 1.807) is 13.2 Å². The van der Waals surface area contributed by atoms with Gasteiger partial charge in [-0.1, -0.05) is 23.2 Å². The van der Waals surface area contributed by atoms with Crippen molar-refractivity contribution in [3.05, 3.63) is 49.1 Å². The number of hydrogen-bond donors (Lipinski definition) is 1. The first-order valence-electron chi connectivity index (χ1n) is 5.72. The van der Waals surface area contributed by atoms with Crippen molar-refractivity contribution in [3.8, 4) is 5.75 Å². The average molecular weight is 317 g/mol. The Balaban J connectivity index is 2.45. The summed E-state index contributed by atoms with van der Waals surface area (Å²) in [5, 5.41) is 10.4. The summed E-state index contributed by atoms with van der Waals surface area (Å²) in [7, 11) is 1.64. The van der Waals surface area contributed by atoms with E-state index in [-0.39, 0.29) is 0 Å². The zero-order chi connectivity index (χ0) is 14.2. The summed E-state index contributed by atoms with van der Waals surface area (Å²) in [4.78, 5) is 0. The molecule has 0 aliphatic rings.